The molecule has 0 aliphatic heterocycles. The molecule has 0 aromatic heterocycles. The number of aliphatic hydroxyl groups excluding tert-OH is 1. The lowest BCUT2D eigenvalue weighted by molar-refractivity contribution is 0.0162. The van der Waals surface area contributed by atoms with Gasteiger partial charge in [0, 0.05) is 28.7 Å². The zero-order valence-corrected chi connectivity index (χ0v) is 14.9. The van der Waals surface area contributed by atoms with Crippen molar-refractivity contribution < 1.29 is 14.6 Å². The minimum absolute atomic E-state index is 0.0358. The molecule has 0 saturated carbocycles. The standard InChI is InChI=1S/C16H26BrNO3/c1-5-20-10-14(19)11-21-15-7-6-13(17)8-12(15)9-18-16(2,3)4/h6-8,14,18-19H,5,9-11H2,1-4H3. The lowest BCUT2D eigenvalue weighted by Crippen LogP contribution is -2.35. The molecule has 1 unspecified atom stereocenters. The lowest BCUT2D eigenvalue weighted by atomic mass is 10.1. The summed E-state index contributed by atoms with van der Waals surface area (Å²) in [4.78, 5) is 0. The van der Waals surface area contributed by atoms with Crippen molar-refractivity contribution in [3.63, 3.8) is 0 Å². The quantitative estimate of drug-likeness (QED) is 0.748. The molecule has 1 atom stereocenters. The van der Waals surface area contributed by atoms with Crippen molar-refractivity contribution in [2.45, 2.75) is 45.9 Å². The number of benzene rings is 1. The monoisotopic (exact) mass is 359 g/mol. The van der Waals surface area contributed by atoms with Gasteiger partial charge in [-0.1, -0.05) is 15.9 Å². The molecule has 0 bridgehead atoms. The molecule has 2 N–H and O–H groups in total. The maximum Gasteiger partial charge on any atom is 0.124 e. The van der Waals surface area contributed by atoms with E-state index < -0.39 is 6.10 Å². The topological polar surface area (TPSA) is 50.7 Å². The Kier molecular flexibility index (Phi) is 7.66. The second-order valence-corrected chi connectivity index (χ2v) is 6.90. The average Bonchev–Trinajstić information content (AvgIpc) is 2.41. The molecule has 0 aliphatic carbocycles. The molecule has 0 radical (unpaired) electrons. The number of ether oxygens (including phenoxy) is 2. The Morgan fingerprint density at radius 1 is 1.29 bits per heavy atom. The van der Waals surface area contributed by atoms with Crippen molar-refractivity contribution in [1.82, 2.24) is 5.32 Å². The van der Waals surface area contributed by atoms with Crippen molar-refractivity contribution in [1.29, 1.82) is 0 Å². The largest absolute Gasteiger partial charge is 0.490 e. The first kappa shape index (κ1) is 18.4. The van der Waals surface area contributed by atoms with Crippen LogP contribution in [0.5, 0.6) is 5.75 Å². The van der Waals surface area contributed by atoms with E-state index in [-0.39, 0.29) is 12.1 Å². The van der Waals surface area contributed by atoms with Gasteiger partial charge in [0.05, 0.1) is 6.61 Å². The Morgan fingerprint density at radius 2 is 2.00 bits per heavy atom. The molecule has 0 saturated heterocycles. The molecule has 1 aromatic carbocycles. The number of hydrogen-bond donors (Lipinski definition) is 2. The Morgan fingerprint density at radius 3 is 2.62 bits per heavy atom. The molecule has 5 heteroatoms. The van der Waals surface area contributed by atoms with E-state index in [2.05, 4.69) is 42.0 Å². The minimum Gasteiger partial charge on any atom is -0.490 e. The van der Waals surface area contributed by atoms with Crippen molar-refractivity contribution in [3.05, 3.63) is 28.2 Å². The molecule has 0 amide bonds. The van der Waals surface area contributed by atoms with Crippen LogP contribution in [-0.4, -0.2) is 36.6 Å². The predicted octanol–water partition coefficient (Wildman–Crippen LogP) is 3.11. The van der Waals surface area contributed by atoms with Crippen molar-refractivity contribution in [3.8, 4) is 5.75 Å². The molecule has 0 fully saturated rings. The van der Waals surface area contributed by atoms with Crippen LogP contribution in [0.25, 0.3) is 0 Å². The van der Waals surface area contributed by atoms with Gasteiger partial charge in [-0.05, 0) is 45.9 Å². The minimum atomic E-state index is -0.614. The summed E-state index contributed by atoms with van der Waals surface area (Å²) in [5.41, 5.74) is 1.09. The van der Waals surface area contributed by atoms with Crippen LogP contribution in [0.15, 0.2) is 22.7 Å². The summed E-state index contributed by atoms with van der Waals surface area (Å²) in [5.74, 6) is 0.783. The first-order valence-electron chi connectivity index (χ1n) is 7.24. The van der Waals surface area contributed by atoms with E-state index in [9.17, 15) is 5.11 Å². The van der Waals surface area contributed by atoms with E-state index in [1.165, 1.54) is 0 Å². The number of aliphatic hydroxyl groups is 1. The Bertz CT molecular complexity index is 432. The van der Waals surface area contributed by atoms with Gasteiger partial charge in [0.15, 0.2) is 0 Å². The SMILES string of the molecule is CCOCC(O)COc1ccc(Br)cc1CNC(C)(C)C. The molecule has 0 heterocycles. The predicted molar refractivity (Wildman–Crippen MR) is 88.7 cm³/mol. The molecule has 120 valence electrons. The van der Waals surface area contributed by atoms with Gasteiger partial charge in [-0.2, -0.15) is 0 Å². The molecular formula is C16H26BrNO3. The van der Waals surface area contributed by atoms with Crippen LogP contribution in [-0.2, 0) is 11.3 Å². The molecule has 0 aliphatic rings. The fourth-order valence-electron chi connectivity index (χ4n) is 1.68. The van der Waals surface area contributed by atoms with Crippen LogP contribution in [0.2, 0.25) is 0 Å². The third-order valence-corrected chi connectivity index (χ3v) is 3.27. The van der Waals surface area contributed by atoms with Crippen LogP contribution in [0.1, 0.15) is 33.3 Å². The first-order chi connectivity index (χ1) is 9.81. The summed E-state index contributed by atoms with van der Waals surface area (Å²) >= 11 is 3.48. The van der Waals surface area contributed by atoms with E-state index in [0.717, 1.165) is 15.8 Å². The maximum atomic E-state index is 9.77. The lowest BCUT2D eigenvalue weighted by Gasteiger charge is -2.22. The summed E-state index contributed by atoms with van der Waals surface area (Å²) < 4.78 is 11.9. The van der Waals surface area contributed by atoms with Crippen LogP contribution in [0, 0.1) is 0 Å². The fourth-order valence-corrected chi connectivity index (χ4v) is 2.08. The van der Waals surface area contributed by atoms with Crippen LogP contribution in [0.4, 0.5) is 0 Å². The zero-order valence-electron chi connectivity index (χ0n) is 13.3. The highest BCUT2D eigenvalue weighted by Crippen LogP contribution is 2.24. The van der Waals surface area contributed by atoms with Gasteiger partial charge in [0.25, 0.3) is 0 Å². The number of nitrogens with one attached hydrogen (secondary N) is 1. The molecule has 4 nitrogen and oxygen atoms in total. The summed E-state index contributed by atoms with van der Waals surface area (Å²) in [7, 11) is 0. The number of rotatable bonds is 8. The summed E-state index contributed by atoms with van der Waals surface area (Å²) in [6, 6.07) is 5.88. The van der Waals surface area contributed by atoms with E-state index in [1.807, 2.05) is 25.1 Å². The van der Waals surface area contributed by atoms with Gasteiger partial charge >= 0.3 is 0 Å². The van der Waals surface area contributed by atoms with Gasteiger partial charge in [0.2, 0.25) is 0 Å². The van der Waals surface area contributed by atoms with Gasteiger partial charge in [0.1, 0.15) is 18.5 Å². The fraction of sp³-hybridized carbons (Fsp3) is 0.625. The van der Waals surface area contributed by atoms with E-state index in [0.29, 0.717) is 19.8 Å². The van der Waals surface area contributed by atoms with Crippen LogP contribution in [0.3, 0.4) is 0 Å². The van der Waals surface area contributed by atoms with Gasteiger partial charge in [-0.15, -0.1) is 0 Å². The molecule has 1 rings (SSSR count). The smallest absolute Gasteiger partial charge is 0.124 e. The third-order valence-electron chi connectivity index (χ3n) is 2.78. The van der Waals surface area contributed by atoms with Gasteiger partial charge in [-0.25, -0.2) is 0 Å². The normalized spacial score (nSPS) is 13.2. The van der Waals surface area contributed by atoms with E-state index >= 15 is 0 Å². The van der Waals surface area contributed by atoms with E-state index in [1.54, 1.807) is 0 Å². The second kappa shape index (κ2) is 8.73. The Hall–Kier alpha value is -0.620. The Balaban J connectivity index is 2.64. The second-order valence-electron chi connectivity index (χ2n) is 5.98. The van der Waals surface area contributed by atoms with Gasteiger partial charge in [-0.3, -0.25) is 0 Å². The summed E-state index contributed by atoms with van der Waals surface area (Å²) in [6.07, 6.45) is -0.614. The Labute approximate surface area is 136 Å². The van der Waals surface area contributed by atoms with Crippen LogP contribution >= 0.6 is 15.9 Å². The molecular weight excluding hydrogens is 334 g/mol. The third kappa shape index (κ3) is 7.81. The molecule has 21 heavy (non-hydrogen) atoms. The summed E-state index contributed by atoms with van der Waals surface area (Å²) in [5, 5.41) is 13.2. The molecule has 1 aromatic rings. The number of hydrogen-bond acceptors (Lipinski definition) is 4. The summed E-state index contributed by atoms with van der Waals surface area (Å²) in [6.45, 7) is 10.1. The van der Waals surface area contributed by atoms with Crippen molar-refractivity contribution >= 4 is 15.9 Å². The van der Waals surface area contributed by atoms with Gasteiger partial charge < -0.3 is 19.9 Å². The highest BCUT2D eigenvalue weighted by Gasteiger charge is 2.13. The van der Waals surface area contributed by atoms with Crippen molar-refractivity contribution in [2.24, 2.45) is 0 Å². The van der Waals surface area contributed by atoms with Crippen molar-refractivity contribution in [2.75, 3.05) is 19.8 Å². The maximum absolute atomic E-state index is 9.77. The first-order valence-corrected chi connectivity index (χ1v) is 8.03. The van der Waals surface area contributed by atoms with Crippen LogP contribution < -0.4 is 10.1 Å². The highest BCUT2D eigenvalue weighted by molar-refractivity contribution is 9.10. The molecule has 0 spiro atoms. The average molecular weight is 360 g/mol. The zero-order chi connectivity index (χ0) is 15.9. The number of halogens is 1. The highest BCUT2D eigenvalue weighted by atomic mass is 79.9. The van der Waals surface area contributed by atoms with E-state index in [4.69, 9.17) is 9.47 Å².